The lowest BCUT2D eigenvalue weighted by molar-refractivity contribution is 0.312. The minimum atomic E-state index is 0.516. The quantitative estimate of drug-likeness (QED) is 0.845. The first-order chi connectivity index (χ1) is 8.85. The van der Waals surface area contributed by atoms with Gasteiger partial charge in [-0.1, -0.05) is 0 Å². The molecule has 2 aliphatic rings. The van der Waals surface area contributed by atoms with Crippen molar-refractivity contribution in [3.63, 3.8) is 0 Å². The number of nitriles is 1. The lowest BCUT2D eigenvalue weighted by Gasteiger charge is -2.24. The third-order valence-corrected chi connectivity index (χ3v) is 4.02. The topological polar surface area (TPSA) is 52.0 Å². The minimum absolute atomic E-state index is 0.516. The van der Waals surface area contributed by atoms with E-state index >= 15 is 0 Å². The van der Waals surface area contributed by atoms with E-state index in [0.717, 1.165) is 19.0 Å². The molecule has 2 atom stereocenters. The molecule has 0 radical (unpaired) electrons. The summed E-state index contributed by atoms with van der Waals surface area (Å²) in [6.07, 6.45) is 4.39. The van der Waals surface area contributed by atoms with Gasteiger partial charge in [0.15, 0.2) is 0 Å². The van der Waals surface area contributed by atoms with Gasteiger partial charge in [-0.05, 0) is 43.0 Å². The van der Waals surface area contributed by atoms with E-state index in [2.05, 4.69) is 21.3 Å². The van der Waals surface area contributed by atoms with Gasteiger partial charge in [0.05, 0.1) is 0 Å². The predicted molar refractivity (Wildman–Crippen MR) is 68.7 cm³/mol. The number of piperidine rings is 1. The van der Waals surface area contributed by atoms with Crippen LogP contribution in [0.4, 0.5) is 0 Å². The van der Waals surface area contributed by atoms with Crippen LogP contribution in [0.1, 0.15) is 24.1 Å². The number of hydrogen-bond acceptors (Lipinski definition) is 4. The molecule has 1 aromatic rings. The molecular formula is C14H18N4. The number of nitrogens with one attached hydrogen (secondary N) is 1. The summed E-state index contributed by atoms with van der Waals surface area (Å²) >= 11 is 0. The minimum Gasteiger partial charge on any atom is -0.312 e. The first-order valence-corrected chi connectivity index (χ1v) is 6.66. The maximum absolute atomic E-state index is 8.86. The lowest BCUT2D eigenvalue weighted by atomic mass is 9.94. The summed E-state index contributed by atoms with van der Waals surface area (Å²) in [7, 11) is 0. The van der Waals surface area contributed by atoms with Gasteiger partial charge in [-0.15, -0.1) is 0 Å². The van der Waals surface area contributed by atoms with Crippen LogP contribution in [-0.4, -0.2) is 35.6 Å². The maximum atomic E-state index is 8.86. The Labute approximate surface area is 108 Å². The fourth-order valence-electron chi connectivity index (χ4n) is 3.16. The Morgan fingerprint density at radius 2 is 2.44 bits per heavy atom. The van der Waals surface area contributed by atoms with Crippen molar-refractivity contribution in [1.29, 1.82) is 5.26 Å². The van der Waals surface area contributed by atoms with Gasteiger partial charge in [-0.3, -0.25) is 4.90 Å². The SMILES string of the molecule is N#Cc1cc(CN2CC3CCCNC3C2)ccn1. The number of hydrogen-bond donors (Lipinski definition) is 1. The van der Waals surface area contributed by atoms with Crippen molar-refractivity contribution in [2.45, 2.75) is 25.4 Å². The molecule has 0 amide bonds. The van der Waals surface area contributed by atoms with E-state index in [1.54, 1.807) is 6.20 Å². The Bertz CT molecular complexity index is 451. The van der Waals surface area contributed by atoms with Gasteiger partial charge >= 0.3 is 0 Å². The van der Waals surface area contributed by atoms with Crippen molar-refractivity contribution < 1.29 is 0 Å². The molecule has 4 heteroatoms. The molecule has 2 fully saturated rings. The van der Waals surface area contributed by atoms with Crippen LogP contribution in [0.5, 0.6) is 0 Å². The summed E-state index contributed by atoms with van der Waals surface area (Å²) in [6, 6.07) is 6.69. The molecule has 2 aliphatic heterocycles. The van der Waals surface area contributed by atoms with Crippen LogP contribution in [0.25, 0.3) is 0 Å². The van der Waals surface area contributed by atoms with Gasteiger partial charge in [0.25, 0.3) is 0 Å². The van der Waals surface area contributed by atoms with E-state index in [-0.39, 0.29) is 0 Å². The zero-order valence-corrected chi connectivity index (χ0v) is 10.5. The first-order valence-electron chi connectivity index (χ1n) is 6.66. The fourth-order valence-corrected chi connectivity index (χ4v) is 3.16. The number of rotatable bonds is 2. The maximum Gasteiger partial charge on any atom is 0.140 e. The summed E-state index contributed by atoms with van der Waals surface area (Å²) in [6.45, 7) is 4.42. The van der Waals surface area contributed by atoms with Crippen LogP contribution in [0.3, 0.4) is 0 Å². The molecule has 0 bridgehead atoms. The Morgan fingerprint density at radius 1 is 1.50 bits per heavy atom. The lowest BCUT2D eigenvalue weighted by Crippen LogP contribution is -2.40. The molecular weight excluding hydrogens is 224 g/mol. The molecule has 3 rings (SSSR count). The van der Waals surface area contributed by atoms with Crippen LogP contribution in [-0.2, 0) is 6.54 Å². The highest BCUT2D eigenvalue weighted by atomic mass is 15.2. The number of fused-ring (bicyclic) bond motifs is 1. The van der Waals surface area contributed by atoms with Crippen LogP contribution in [0, 0.1) is 17.2 Å². The average Bonchev–Trinajstić information content (AvgIpc) is 2.81. The van der Waals surface area contributed by atoms with Gasteiger partial charge in [0, 0.05) is 31.9 Å². The van der Waals surface area contributed by atoms with Crippen LogP contribution in [0.2, 0.25) is 0 Å². The van der Waals surface area contributed by atoms with Crippen molar-refractivity contribution in [2.24, 2.45) is 5.92 Å². The molecule has 4 nitrogen and oxygen atoms in total. The van der Waals surface area contributed by atoms with E-state index in [0.29, 0.717) is 11.7 Å². The molecule has 2 unspecified atom stereocenters. The number of nitrogens with zero attached hydrogens (tertiary/aromatic N) is 3. The summed E-state index contributed by atoms with van der Waals surface area (Å²) in [5.74, 6) is 0.816. The third kappa shape index (κ3) is 2.38. The number of aromatic nitrogens is 1. The monoisotopic (exact) mass is 242 g/mol. The molecule has 18 heavy (non-hydrogen) atoms. The molecule has 0 saturated carbocycles. The van der Waals surface area contributed by atoms with Crippen molar-refractivity contribution in [2.75, 3.05) is 19.6 Å². The third-order valence-electron chi connectivity index (χ3n) is 4.02. The van der Waals surface area contributed by atoms with Crippen molar-refractivity contribution in [3.05, 3.63) is 29.6 Å². The molecule has 3 heterocycles. The Balaban J connectivity index is 1.65. The Kier molecular flexibility index (Phi) is 3.26. The molecule has 0 aliphatic carbocycles. The number of pyridine rings is 1. The van der Waals surface area contributed by atoms with Gasteiger partial charge in [0.1, 0.15) is 11.8 Å². The largest absolute Gasteiger partial charge is 0.312 e. The van der Waals surface area contributed by atoms with Crippen LogP contribution in [0.15, 0.2) is 18.3 Å². The van der Waals surface area contributed by atoms with E-state index in [1.165, 1.54) is 31.5 Å². The highest BCUT2D eigenvalue weighted by molar-refractivity contribution is 5.25. The summed E-state index contributed by atoms with van der Waals surface area (Å²) < 4.78 is 0. The Morgan fingerprint density at radius 3 is 3.28 bits per heavy atom. The van der Waals surface area contributed by atoms with Gasteiger partial charge < -0.3 is 5.32 Å². The smallest absolute Gasteiger partial charge is 0.140 e. The predicted octanol–water partition coefficient (Wildman–Crippen LogP) is 1.14. The van der Waals surface area contributed by atoms with Crippen molar-refractivity contribution in [3.8, 4) is 6.07 Å². The van der Waals surface area contributed by atoms with E-state index in [1.807, 2.05) is 12.1 Å². The van der Waals surface area contributed by atoms with Gasteiger partial charge in [-0.2, -0.15) is 5.26 Å². The molecule has 1 N–H and O–H groups in total. The summed E-state index contributed by atoms with van der Waals surface area (Å²) in [5.41, 5.74) is 1.71. The average molecular weight is 242 g/mol. The summed E-state index contributed by atoms with van der Waals surface area (Å²) in [4.78, 5) is 6.50. The molecule has 0 spiro atoms. The second-order valence-corrected chi connectivity index (χ2v) is 5.32. The van der Waals surface area contributed by atoms with E-state index in [4.69, 9.17) is 5.26 Å². The normalized spacial score (nSPS) is 27.7. The van der Waals surface area contributed by atoms with Gasteiger partial charge in [-0.25, -0.2) is 4.98 Å². The molecule has 1 aromatic heterocycles. The highest BCUT2D eigenvalue weighted by Crippen LogP contribution is 2.25. The molecule has 0 aromatic carbocycles. The van der Waals surface area contributed by atoms with Crippen LogP contribution < -0.4 is 5.32 Å². The zero-order valence-electron chi connectivity index (χ0n) is 10.5. The highest BCUT2D eigenvalue weighted by Gasteiger charge is 2.33. The molecule has 94 valence electrons. The summed E-state index contributed by atoms with van der Waals surface area (Å²) in [5, 5.41) is 12.5. The number of likely N-dealkylation sites (tertiary alicyclic amines) is 1. The van der Waals surface area contributed by atoms with Gasteiger partial charge in [0.2, 0.25) is 0 Å². The fraction of sp³-hybridized carbons (Fsp3) is 0.571. The first kappa shape index (κ1) is 11.6. The van der Waals surface area contributed by atoms with Crippen molar-refractivity contribution in [1.82, 2.24) is 15.2 Å². The second-order valence-electron chi connectivity index (χ2n) is 5.32. The second kappa shape index (κ2) is 5.05. The van der Waals surface area contributed by atoms with Crippen LogP contribution >= 0.6 is 0 Å². The molecule has 2 saturated heterocycles. The Hall–Kier alpha value is -1.44. The van der Waals surface area contributed by atoms with E-state index < -0.39 is 0 Å². The van der Waals surface area contributed by atoms with Crippen molar-refractivity contribution >= 4 is 0 Å². The standard InChI is InChI=1S/C14H18N4/c15-7-13-6-11(3-5-16-13)8-18-9-12-2-1-4-17-14(12)10-18/h3,5-6,12,14,17H,1-2,4,8-10H2. The zero-order chi connectivity index (χ0) is 12.4. The van der Waals surface area contributed by atoms with E-state index in [9.17, 15) is 0 Å².